The van der Waals surface area contributed by atoms with E-state index in [0.717, 1.165) is 0 Å². The Bertz CT molecular complexity index is 509. The van der Waals surface area contributed by atoms with E-state index in [1.807, 2.05) is 0 Å². The summed E-state index contributed by atoms with van der Waals surface area (Å²) in [5.74, 6) is 0.654. The lowest BCUT2D eigenvalue weighted by Gasteiger charge is -2.22. The Labute approximate surface area is 110 Å². The molecule has 0 heteroatoms. The van der Waals surface area contributed by atoms with Crippen LogP contribution in [0.1, 0.15) is 51.5 Å². The van der Waals surface area contributed by atoms with Crippen molar-refractivity contribution in [2.24, 2.45) is 5.41 Å². The van der Waals surface area contributed by atoms with E-state index in [2.05, 4.69) is 57.2 Å². The van der Waals surface area contributed by atoms with Crippen LogP contribution in [0.4, 0.5) is 0 Å². The first-order valence-electron chi connectivity index (χ1n) is 7.03. The van der Waals surface area contributed by atoms with Crippen LogP contribution in [0.5, 0.6) is 0 Å². The van der Waals surface area contributed by atoms with Crippen LogP contribution >= 0.6 is 0 Å². The monoisotopic (exact) mass is 238 g/mol. The fraction of sp³-hybridized carbons (Fsp3) is 0.444. The highest BCUT2D eigenvalue weighted by Crippen LogP contribution is 2.49. The van der Waals surface area contributed by atoms with Crippen molar-refractivity contribution in [3.8, 4) is 0 Å². The summed E-state index contributed by atoms with van der Waals surface area (Å²) in [6.45, 7) is 7.00. The summed E-state index contributed by atoms with van der Waals surface area (Å²) in [6.07, 6.45) is 6.33. The van der Waals surface area contributed by atoms with Crippen LogP contribution in [0.3, 0.4) is 0 Å². The topological polar surface area (TPSA) is 0 Å². The van der Waals surface area contributed by atoms with E-state index in [-0.39, 0.29) is 0 Å². The van der Waals surface area contributed by atoms with E-state index < -0.39 is 0 Å². The predicted molar refractivity (Wildman–Crippen MR) is 77.6 cm³/mol. The van der Waals surface area contributed by atoms with Gasteiger partial charge in [-0.2, -0.15) is 0 Å². The zero-order chi connectivity index (χ0) is 12.8. The number of hydrogen-bond donors (Lipinski definition) is 0. The van der Waals surface area contributed by atoms with E-state index in [9.17, 15) is 0 Å². The first kappa shape index (κ1) is 11.8. The molecule has 0 bridgehead atoms. The second-order valence-corrected chi connectivity index (χ2v) is 6.66. The van der Waals surface area contributed by atoms with Gasteiger partial charge in [-0.25, -0.2) is 0 Å². The summed E-state index contributed by atoms with van der Waals surface area (Å²) in [4.78, 5) is 0. The molecule has 0 aromatic heterocycles. The Morgan fingerprint density at radius 1 is 1.06 bits per heavy atom. The van der Waals surface area contributed by atoms with Crippen molar-refractivity contribution in [3.05, 3.63) is 58.7 Å². The Balaban J connectivity index is 1.91. The smallest absolute Gasteiger partial charge is 0.00920 e. The zero-order valence-corrected chi connectivity index (χ0v) is 11.7. The first-order valence-corrected chi connectivity index (χ1v) is 7.03. The maximum atomic E-state index is 2.50. The summed E-state index contributed by atoms with van der Waals surface area (Å²) in [5.41, 5.74) is 6.77. The highest BCUT2D eigenvalue weighted by atomic mass is 14.4. The molecule has 0 aliphatic heterocycles. The Hall–Kier alpha value is -1.30. The summed E-state index contributed by atoms with van der Waals surface area (Å²) in [7, 11) is 0. The Morgan fingerprint density at radius 2 is 1.78 bits per heavy atom. The van der Waals surface area contributed by atoms with E-state index in [1.54, 1.807) is 16.7 Å². The van der Waals surface area contributed by atoms with Crippen molar-refractivity contribution in [1.29, 1.82) is 0 Å². The molecule has 2 aliphatic rings. The molecule has 0 saturated carbocycles. The largest absolute Gasteiger partial charge is 0.0623 e. The standard InChI is InChI=1S/C18H22/c1-18(2,3)15-11-14-9-10-16(17(14)12-15)13-7-5-4-6-8-13/h4-8,12,16H,9-11H2,1-3H3. The van der Waals surface area contributed by atoms with Gasteiger partial charge in [-0.15, -0.1) is 0 Å². The van der Waals surface area contributed by atoms with Crippen LogP contribution in [0.2, 0.25) is 0 Å². The molecular weight excluding hydrogens is 216 g/mol. The minimum Gasteiger partial charge on any atom is -0.0623 e. The lowest BCUT2D eigenvalue weighted by atomic mass is 9.83. The highest BCUT2D eigenvalue weighted by molar-refractivity contribution is 5.50. The van der Waals surface area contributed by atoms with Crippen molar-refractivity contribution < 1.29 is 0 Å². The van der Waals surface area contributed by atoms with Crippen molar-refractivity contribution in [3.63, 3.8) is 0 Å². The molecule has 0 saturated heterocycles. The molecule has 0 fully saturated rings. The second-order valence-electron chi connectivity index (χ2n) is 6.66. The van der Waals surface area contributed by atoms with Crippen molar-refractivity contribution in [2.75, 3.05) is 0 Å². The van der Waals surface area contributed by atoms with Gasteiger partial charge in [0.05, 0.1) is 0 Å². The quantitative estimate of drug-likeness (QED) is 0.628. The van der Waals surface area contributed by atoms with Gasteiger partial charge in [0.1, 0.15) is 0 Å². The summed E-state index contributed by atoms with van der Waals surface area (Å²) in [5, 5.41) is 0. The van der Waals surface area contributed by atoms with Gasteiger partial charge in [-0.1, -0.05) is 68.3 Å². The number of allylic oxidation sites excluding steroid dienone is 4. The van der Waals surface area contributed by atoms with Gasteiger partial charge in [-0.3, -0.25) is 0 Å². The van der Waals surface area contributed by atoms with Crippen molar-refractivity contribution in [2.45, 2.75) is 46.0 Å². The fourth-order valence-corrected chi connectivity index (χ4v) is 3.24. The molecule has 1 unspecified atom stereocenters. The van der Waals surface area contributed by atoms with Gasteiger partial charge in [0.15, 0.2) is 0 Å². The number of hydrogen-bond acceptors (Lipinski definition) is 0. The molecule has 0 heterocycles. The maximum absolute atomic E-state index is 2.50. The Morgan fingerprint density at radius 3 is 2.44 bits per heavy atom. The normalized spacial score (nSPS) is 23.3. The summed E-state index contributed by atoms with van der Waals surface area (Å²) >= 11 is 0. The minimum absolute atomic E-state index is 0.325. The lowest BCUT2D eigenvalue weighted by Crippen LogP contribution is -2.08. The van der Waals surface area contributed by atoms with Crippen LogP contribution in [0, 0.1) is 5.41 Å². The number of benzene rings is 1. The molecule has 2 aliphatic carbocycles. The SMILES string of the molecule is CC(C)(C)C1=CC2=C(CCC2c2ccccc2)C1. The third-order valence-electron chi connectivity index (χ3n) is 4.42. The summed E-state index contributed by atoms with van der Waals surface area (Å²) < 4.78 is 0. The van der Waals surface area contributed by atoms with Crippen molar-refractivity contribution >= 4 is 0 Å². The molecule has 1 atom stereocenters. The molecule has 0 radical (unpaired) electrons. The average Bonchev–Trinajstić information content (AvgIpc) is 2.88. The van der Waals surface area contributed by atoms with Crippen LogP contribution in [-0.2, 0) is 0 Å². The van der Waals surface area contributed by atoms with Gasteiger partial charge in [0.25, 0.3) is 0 Å². The van der Waals surface area contributed by atoms with Gasteiger partial charge in [0.2, 0.25) is 0 Å². The third kappa shape index (κ3) is 1.94. The van der Waals surface area contributed by atoms with Gasteiger partial charge in [-0.05, 0) is 35.8 Å². The van der Waals surface area contributed by atoms with Crippen LogP contribution in [0.25, 0.3) is 0 Å². The molecule has 0 amide bonds. The predicted octanol–water partition coefficient (Wildman–Crippen LogP) is 5.24. The molecular formula is C18H22. The van der Waals surface area contributed by atoms with Crippen LogP contribution in [-0.4, -0.2) is 0 Å². The molecule has 18 heavy (non-hydrogen) atoms. The van der Waals surface area contributed by atoms with Gasteiger partial charge in [0, 0.05) is 5.92 Å². The molecule has 3 rings (SSSR count). The Kier molecular flexibility index (Phi) is 2.69. The third-order valence-corrected chi connectivity index (χ3v) is 4.42. The maximum Gasteiger partial charge on any atom is 0.00920 e. The number of rotatable bonds is 1. The molecule has 0 spiro atoms. The van der Waals surface area contributed by atoms with E-state index >= 15 is 0 Å². The average molecular weight is 238 g/mol. The summed E-state index contributed by atoms with van der Waals surface area (Å²) in [6, 6.07) is 11.0. The first-order chi connectivity index (χ1) is 8.55. The molecule has 1 aromatic carbocycles. The van der Waals surface area contributed by atoms with E-state index in [0.29, 0.717) is 11.3 Å². The van der Waals surface area contributed by atoms with Gasteiger partial charge >= 0.3 is 0 Å². The minimum atomic E-state index is 0.325. The van der Waals surface area contributed by atoms with E-state index in [1.165, 1.54) is 24.8 Å². The molecule has 0 nitrogen and oxygen atoms in total. The molecule has 94 valence electrons. The lowest BCUT2D eigenvalue weighted by molar-refractivity contribution is 0.492. The van der Waals surface area contributed by atoms with E-state index in [4.69, 9.17) is 0 Å². The van der Waals surface area contributed by atoms with Crippen molar-refractivity contribution in [1.82, 2.24) is 0 Å². The second kappa shape index (κ2) is 4.12. The zero-order valence-electron chi connectivity index (χ0n) is 11.7. The van der Waals surface area contributed by atoms with Crippen LogP contribution in [0.15, 0.2) is 53.1 Å². The molecule has 1 aromatic rings. The van der Waals surface area contributed by atoms with Crippen LogP contribution < -0.4 is 0 Å². The highest BCUT2D eigenvalue weighted by Gasteiger charge is 2.32. The van der Waals surface area contributed by atoms with Gasteiger partial charge < -0.3 is 0 Å². The fourth-order valence-electron chi connectivity index (χ4n) is 3.24. The molecule has 0 N–H and O–H groups in total.